The first-order valence-electron chi connectivity index (χ1n) is 9.78. The van der Waals surface area contributed by atoms with E-state index in [2.05, 4.69) is 39.9 Å². The quantitative estimate of drug-likeness (QED) is 0.354. The molecule has 1 heterocycles. The fourth-order valence-electron chi connectivity index (χ4n) is 3.10. The Labute approximate surface area is 188 Å². The molecule has 4 rings (SSSR count). The lowest BCUT2D eigenvalue weighted by molar-refractivity contribution is -0.115. The highest BCUT2D eigenvalue weighted by molar-refractivity contribution is 8.00. The molecule has 0 spiro atoms. The standard InChI is InChI=1S/C24H21N3O2S2/c1-15(31-21-11-9-20(10-12-21)25-16(2)28)23(29)27-24-26-22(14-30-24)19-8-7-17-5-3-4-6-18(17)13-19/h3-15H,1-2H3,(H,25,28)(H,26,27,29). The Balaban J connectivity index is 1.39. The van der Waals surface area contributed by atoms with E-state index in [-0.39, 0.29) is 17.1 Å². The smallest absolute Gasteiger partial charge is 0.239 e. The molecule has 0 aliphatic carbocycles. The number of anilines is 2. The number of aromatic nitrogens is 1. The van der Waals surface area contributed by atoms with Crippen LogP contribution in [0.1, 0.15) is 13.8 Å². The normalized spacial score (nSPS) is 11.8. The molecule has 1 atom stereocenters. The van der Waals surface area contributed by atoms with Crippen LogP contribution in [0.25, 0.3) is 22.0 Å². The Bertz CT molecular complexity index is 1240. The average Bonchev–Trinajstić information content (AvgIpc) is 3.23. The monoisotopic (exact) mass is 447 g/mol. The first kappa shape index (κ1) is 21.1. The number of thioether (sulfide) groups is 1. The van der Waals surface area contributed by atoms with Crippen LogP contribution in [0.2, 0.25) is 0 Å². The molecule has 0 fully saturated rings. The molecular weight excluding hydrogens is 426 g/mol. The second-order valence-electron chi connectivity index (χ2n) is 7.05. The number of amides is 2. The van der Waals surface area contributed by atoms with Gasteiger partial charge in [-0.1, -0.05) is 36.4 Å². The largest absolute Gasteiger partial charge is 0.326 e. The van der Waals surface area contributed by atoms with Crippen LogP contribution in [0, 0.1) is 0 Å². The van der Waals surface area contributed by atoms with Crippen LogP contribution in [-0.4, -0.2) is 22.0 Å². The van der Waals surface area contributed by atoms with Gasteiger partial charge in [-0.3, -0.25) is 9.59 Å². The molecule has 2 amide bonds. The van der Waals surface area contributed by atoms with Crippen molar-refractivity contribution in [1.29, 1.82) is 0 Å². The van der Waals surface area contributed by atoms with Gasteiger partial charge in [0, 0.05) is 28.5 Å². The predicted octanol–water partition coefficient (Wildman–Crippen LogP) is 6.04. The van der Waals surface area contributed by atoms with Gasteiger partial charge >= 0.3 is 0 Å². The molecule has 0 radical (unpaired) electrons. The summed E-state index contributed by atoms with van der Waals surface area (Å²) >= 11 is 2.87. The Morgan fingerprint density at radius 2 is 1.71 bits per heavy atom. The summed E-state index contributed by atoms with van der Waals surface area (Å²) in [4.78, 5) is 29.3. The van der Waals surface area contributed by atoms with Gasteiger partial charge in [0.25, 0.3) is 0 Å². The molecule has 0 bridgehead atoms. The van der Waals surface area contributed by atoms with Gasteiger partial charge in [-0.2, -0.15) is 0 Å². The van der Waals surface area contributed by atoms with Crippen LogP contribution < -0.4 is 10.6 Å². The van der Waals surface area contributed by atoms with Gasteiger partial charge < -0.3 is 10.6 Å². The SMILES string of the molecule is CC(=O)Nc1ccc(SC(C)C(=O)Nc2nc(-c3ccc4ccccc4c3)cs2)cc1. The molecule has 156 valence electrons. The summed E-state index contributed by atoms with van der Waals surface area (Å²) in [6, 6.07) is 21.9. The molecule has 4 aromatic rings. The number of nitrogens with zero attached hydrogens (tertiary/aromatic N) is 1. The minimum absolute atomic E-state index is 0.102. The Hall–Kier alpha value is -3.16. The van der Waals surface area contributed by atoms with Gasteiger partial charge in [-0.15, -0.1) is 23.1 Å². The highest BCUT2D eigenvalue weighted by atomic mass is 32.2. The summed E-state index contributed by atoms with van der Waals surface area (Å²) in [5.41, 5.74) is 2.61. The highest BCUT2D eigenvalue weighted by Crippen LogP contribution is 2.29. The zero-order chi connectivity index (χ0) is 21.8. The zero-order valence-electron chi connectivity index (χ0n) is 17.1. The Kier molecular flexibility index (Phi) is 6.34. The van der Waals surface area contributed by atoms with E-state index in [1.165, 1.54) is 35.4 Å². The molecule has 0 saturated carbocycles. The lowest BCUT2D eigenvalue weighted by Crippen LogP contribution is -2.22. The lowest BCUT2D eigenvalue weighted by atomic mass is 10.1. The predicted molar refractivity (Wildman–Crippen MR) is 130 cm³/mol. The van der Waals surface area contributed by atoms with Gasteiger partial charge in [0.05, 0.1) is 10.9 Å². The van der Waals surface area contributed by atoms with Crippen LogP contribution in [0.15, 0.2) is 77.0 Å². The Morgan fingerprint density at radius 1 is 0.968 bits per heavy atom. The maximum atomic E-state index is 12.6. The summed E-state index contributed by atoms with van der Waals surface area (Å²) in [6.45, 7) is 3.33. The molecule has 7 heteroatoms. The topological polar surface area (TPSA) is 71.1 Å². The maximum absolute atomic E-state index is 12.6. The van der Waals surface area contributed by atoms with Crippen molar-refractivity contribution in [3.63, 3.8) is 0 Å². The van der Waals surface area contributed by atoms with Crippen molar-refractivity contribution in [3.8, 4) is 11.3 Å². The fourth-order valence-corrected chi connectivity index (χ4v) is 4.69. The number of carbonyl (C=O) groups excluding carboxylic acids is 2. The average molecular weight is 448 g/mol. The van der Waals surface area contributed by atoms with Crippen LogP contribution >= 0.6 is 23.1 Å². The van der Waals surface area contributed by atoms with E-state index in [0.717, 1.165) is 27.2 Å². The molecule has 1 aromatic heterocycles. The van der Waals surface area contributed by atoms with E-state index in [0.29, 0.717) is 5.13 Å². The first-order chi connectivity index (χ1) is 15.0. The van der Waals surface area contributed by atoms with Crippen molar-refractivity contribution in [3.05, 3.63) is 72.1 Å². The van der Waals surface area contributed by atoms with Crippen molar-refractivity contribution in [2.75, 3.05) is 10.6 Å². The van der Waals surface area contributed by atoms with Gasteiger partial charge in [0.1, 0.15) is 0 Å². The first-order valence-corrected chi connectivity index (χ1v) is 11.5. The van der Waals surface area contributed by atoms with Gasteiger partial charge in [0.2, 0.25) is 11.8 Å². The molecule has 3 aromatic carbocycles. The molecule has 0 aliphatic heterocycles. The molecule has 5 nitrogen and oxygen atoms in total. The number of hydrogen-bond donors (Lipinski definition) is 2. The van der Waals surface area contributed by atoms with Crippen LogP contribution in [-0.2, 0) is 9.59 Å². The minimum Gasteiger partial charge on any atom is -0.326 e. The third-order valence-electron chi connectivity index (χ3n) is 4.64. The van der Waals surface area contributed by atoms with Crippen molar-refractivity contribution in [2.24, 2.45) is 0 Å². The third kappa shape index (κ3) is 5.31. The van der Waals surface area contributed by atoms with Gasteiger partial charge in [-0.25, -0.2) is 4.98 Å². The number of thiazole rings is 1. The van der Waals surface area contributed by atoms with E-state index in [1.54, 1.807) is 0 Å². The maximum Gasteiger partial charge on any atom is 0.239 e. The summed E-state index contributed by atoms with van der Waals surface area (Å²) in [5, 5.41) is 10.2. The van der Waals surface area contributed by atoms with E-state index >= 15 is 0 Å². The van der Waals surface area contributed by atoms with Crippen LogP contribution in [0.5, 0.6) is 0 Å². The van der Waals surface area contributed by atoms with E-state index in [4.69, 9.17) is 0 Å². The summed E-state index contributed by atoms with van der Waals surface area (Å²) in [5.74, 6) is -0.213. The summed E-state index contributed by atoms with van der Waals surface area (Å²) < 4.78 is 0. The number of nitrogens with one attached hydrogen (secondary N) is 2. The van der Waals surface area contributed by atoms with Gasteiger partial charge in [-0.05, 0) is 48.0 Å². The van der Waals surface area contributed by atoms with E-state index in [9.17, 15) is 9.59 Å². The molecule has 0 aliphatic rings. The number of benzene rings is 3. The molecule has 2 N–H and O–H groups in total. The van der Waals surface area contributed by atoms with Crippen molar-refractivity contribution in [2.45, 2.75) is 24.0 Å². The van der Waals surface area contributed by atoms with Crippen LogP contribution in [0.3, 0.4) is 0 Å². The zero-order valence-corrected chi connectivity index (χ0v) is 18.7. The second-order valence-corrected chi connectivity index (χ2v) is 9.33. The lowest BCUT2D eigenvalue weighted by Gasteiger charge is -2.11. The number of hydrogen-bond acceptors (Lipinski definition) is 5. The summed E-state index contributed by atoms with van der Waals surface area (Å²) in [6.07, 6.45) is 0. The third-order valence-corrected chi connectivity index (χ3v) is 6.51. The van der Waals surface area contributed by atoms with Crippen molar-refractivity contribution < 1.29 is 9.59 Å². The summed E-state index contributed by atoms with van der Waals surface area (Å²) in [7, 11) is 0. The second kappa shape index (κ2) is 9.32. The number of carbonyl (C=O) groups is 2. The van der Waals surface area contributed by atoms with Gasteiger partial charge in [0.15, 0.2) is 5.13 Å². The molecule has 1 unspecified atom stereocenters. The molecule has 0 saturated heterocycles. The number of rotatable bonds is 6. The minimum atomic E-state index is -0.292. The van der Waals surface area contributed by atoms with Crippen molar-refractivity contribution in [1.82, 2.24) is 4.98 Å². The van der Waals surface area contributed by atoms with E-state index < -0.39 is 0 Å². The Morgan fingerprint density at radius 3 is 2.45 bits per heavy atom. The fraction of sp³-hybridized carbons (Fsp3) is 0.125. The highest BCUT2D eigenvalue weighted by Gasteiger charge is 2.16. The van der Waals surface area contributed by atoms with Crippen LogP contribution in [0.4, 0.5) is 10.8 Å². The van der Waals surface area contributed by atoms with E-state index in [1.807, 2.05) is 54.8 Å². The molecule has 31 heavy (non-hydrogen) atoms. The van der Waals surface area contributed by atoms with Crippen molar-refractivity contribution >= 4 is 56.5 Å². The molecular formula is C24H21N3O2S2. The number of fused-ring (bicyclic) bond motifs is 1.